The van der Waals surface area contributed by atoms with Gasteiger partial charge in [-0.1, -0.05) is 5.16 Å². The van der Waals surface area contributed by atoms with Crippen LogP contribution in [0.3, 0.4) is 0 Å². The van der Waals surface area contributed by atoms with Gasteiger partial charge in [0, 0.05) is 38.3 Å². The van der Waals surface area contributed by atoms with Gasteiger partial charge in [0.15, 0.2) is 0 Å². The first-order chi connectivity index (χ1) is 14.6. The molecule has 0 aliphatic carbocycles. The molecule has 0 N–H and O–H groups in total. The Morgan fingerprint density at radius 3 is 2.61 bits per heavy atom. The van der Waals surface area contributed by atoms with E-state index in [2.05, 4.69) is 21.6 Å². The maximum Gasteiger partial charge on any atom is 0.452 e. The number of alkyl halides is 3. The molecule has 0 amide bonds. The summed E-state index contributed by atoms with van der Waals surface area (Å²) in [6.45, 7) is 2.46. The topological polar surface area (TPSA) is 75.9 Å². The molecule has 0 saturated carbocycles. The van der Waals surface area contributed by atoms with Gasteiger partial charge >= 0.3 is 6.18 Å². The van der Waals surface area contributed by atoms with Gasteiger partial charge in [-0.15, -0.1) is 11.3 Å². The number of nitrogens with zero attached hydrogens (tertiary/aromatic N) is 3. The van der Waals surface area contributed by atoms with Gasteiger partial charge in [-0.3, -0.25) is 0 Å². The van der Waals surface area contributed by atoms with E-state index in [4.69, 9.17) is 4.74 Å². The Morgan fingerprint density at radius 1 is 1.26 bits per heavy atom. The average molecular weight is 480 g/mol. The zero-order valence-electron chi connectivity index (χ0n) is 17.0. The molecule has 2 saturated heterocycles. The Morgan fingerprint density at radius 2 is 2.00 bits per heavy atom. The van der Waals surface area contributed by atoms with Gasteiger partial charge in [0.25, 0.3) is 10.0 Å². The normalized spacial score (nSPS) is 21.9. The molecule has 172 valence electrons. The number of ether oxygens (including phenoxy) is 1. The number of aromatic nitrogens is 1. The number of hydrogen-bond acceptors (Lipinski definition) is 7. The van der Waals surface area contributed by atoms with Crippen LogP contribution >= 0.6 is 11.3 Å². The van der Waals surface area contributed by atoms with Crippen LogP contribution in [0.15, 0.2) is 26.9 Å². The molecule has 2 fully saturated rings. The molecule has 2 aromatic heterocycles. The van der Waals surface area contributed by atoms with E-state index in [9.17, 15) is 21.6 Å². The van der Waals surface area contributed by atoms with E-state index in [0.717, 1.165) is 56.2 Å². The number of halogens is 3. The fourth-order valence-electron chi connectivity index (χ4n) is 4.03. The second-order valence-electron chi connectivity index (χ2n) is 7.90. The minimum absolute atomic E-state index is 0.0340. The molecule has 0 unspecified atom stereocenters. The highest BCUT2D eigenvalue weighted by molar-refractivity contribution is 7.91. The lowest BCUT2D eigenvalue weighted by Gasteiger charge is -2.36. The number of likely N-dealkylation sites (N-methyl/N-ethyl adjacent to an activating group) is 1. The largest absolute Gasteiger partial charge is 0.452 e. The predicted molar refractivity (Wildman–Crippen MR) is 108 cm³/mol. The molecule has 0 bridgehead atoms. The smallest absolute Gasteiger partial charge is 0.377 e. The van der Waals surface area contributed by atoms with E-state index >= 15 is 0 Å². The summed E-state index contributed by atoms with van der Waals surface area (Å²) in [6.07, 6.45) is -0.792. The monoisotopic (exact) mass is 479 g/mol. The Hall–Kier alpha value is -1.47. The van der Waals surface area contributed by atoms with Crippen molar-refractivity contribution in [3.05, 3.63) is 24.0 Å². The quantitative estimate of drug-likeness (QED) is 0.629. The summed E-state index contributed by atoms with van der Waals surface area (Å²) in [7, 11) is -1.66. The molecule has 2 aromatic rings. The Kier molecular flexibility index (Phi) is 6.46. The summed E-state index contributed by atoms with van der Waals surface area (Å²) in [6, 6.07) is 3.94. The molecule has 0 aromatic carbocycles. The summed E-state index contributed by atoms with van der Waals surface area (Å²) in [4.78, 5) is 2.57. The van der Waals surface area contributed by atoms with Crippen molar-refractivity contribution in [2.45, 2.75) is 48.2 Å². The van der Waals surface area contributed by atoms with Crippen LogP contribution in [-0.2, 0) is 20.9 Å². The third-order valence-corrected chi connectivity index (χ3v) is 9.25. The van der Waals surface area contributed by atoms with E-state index in [1.807, 2.05) is 0 Å². The van der Waals surface area contributed by atoms with E-state index in [1.54, 1.807) is 0 Å². The van der Waals surface area contributed by atoms with E-state index in [0.29, 0.717) is 24.0 Å². The maximum atomic E-state index is 13.0. The first-order valence-corrected chi connectivity index (χ1v) is 12.4. The average Bonchev–Trinajstić information content (AvgIpc) is 3.47. The standard InChI is InChI=1S/C19H24F3N3O4S2/c1-24(12-14-3-2-10-28-14)13-6-8-25(9-7-13)31(26,27)18-5-4-16(30-18)15-11-17(29-23-15)19(20,21)22/h4-5,11,13-14H,2-3,6-10,12H2,1H3/t14-/m0/s1. The van der Waals surface area contributed by atoms with E-state index < -0.39 is 22.0 Å². The van der Waals surface area contributed by atoms with Crippen LogP contribution in [0.5, 0.6) is 0 Å². The summed E-state index contributed by atoms with van der Waals surface area (Å²) >= 11 is 0.893. The molecule has 7 nitrogen and oxygen atoms in total. The molecule has 4 heterocycles. The number of thiophene rings is 1. The van der Waals surface area contributed by atoms with Gasteiger partial charge in [0.2, 0.25) is 5.76 Å². The fourth-order valence-corrected chi connectivity index (χ4v) is 6.91. The lowest BCUT2D eigenvalue weighted by Crippen LogP contribution is -2.47. The van der Waals surface area contributed by atoms with Crippen molar-refractivity contribution in [2.24, 2.45) is 0 Å². The zero-order valence-corrected chi connectivity index (χ0v) is 18.6. The third-order valence-electron chi connectivity index (χ3n) is 5.78. The molecule has 12 heteroatoms. The number of hydrogen-bond donors (Lipinski definition) is 0. The second kappa shape index (κ2) is 8.81. The molecule has 1 atom stereocenters. The summed E-state index contributed by atoms with van der Waals surface area (Å²) < 4.78 is 75.8. The summed E-state index contributed by atoms with van der Waals surface area (Å²) in [5.41, 5.74) is -0.0340. The van der Waals surface area contributed by atoms with E-state index in [-0.39, 0.29) is 16.0 Å². The molecule has 31 heavy (non-hydrogen) atoms. The highest BCUT2D eigenvalue weighted by Crippen LogP contribution is 2.36. The van der Waals surface area contributed by atoms with Crippen LogP contribution < -0.4 is 0 Å². The van der Waals surface area contributed by atoms with Crippen molar-refractivity contribution in [1.29, 1.82) is 0 Å². The third kappa shape index (κ3) is 4.98. The van der Waals surface area contributed by atoms with Gasteiger partial charge in [0.1, 0.15) is 9.90 Å². The Balaban J connectivity index is 1.39. The lowest BCUT2D eigenvalue weighted by molar-refractivity contribution is -0.155. The predicted octanol–water partition coefficient (Wildman–Crippen LogP) is 3.69. The summed E-state index contributed by atoms with van der Waals surface area (Å²) in [5.74, 6) is -1.21. The van der Waals surface area contributed by atoms with Crippen LogP contribution in [0.1, 0.15) is 31.4 Å². The van der Waals surface area contributed by atoms with E-state index in [1.165, 1.54) is 16.4 Å². The minimum atomic E-state index is -4.64. The van der Waals surface area contributed by atoms with Crippen molar-refractivity contribution in [3.8, 4) is 10.6 Å². The Labute approximate surface area is 182 Å². The van der Waals surface area contributed by atoms with Crippen molar-refractivity contribution in [1.82, 2.24) is 14.4 Å². The minimum Gasteiger partial charge on any atom is -0.377 e. The SMILES string of the molecule is CN(C[C@@H]1CCCO1)C1CCN(S(=O)(=O)c2ccc(-c3cc(C(F)(F)F)on3)s2)CC1. The van der Waals surface area contributed by atoms with Crippen LogP contribution in [-0.4, -0.2) is 68.2 Å². The van der Waals surface area contributed by atoms with Crippen molar-refractivity contribution in [3.63, 3.8) is 0 Å². The molecule has 0 radical (unpaired) electrons. The van der Waals surface area contributed by atoms with Crippen molar-refractivity contribution in [2.75, 3.05) is 33.3 Å². The van der Waals surface area contributed by atoms with Crippen molar-refractivity contribution >= 4 is 21.4 Å². The van der Waals surface area contributed by atoms with Crippen LogP contribution in [0.25, 0.3) is 10.6 Å². The molecular weight excluding hydrogens is 455 g/mol. The van der Waals surface area contributed by atoms with Gasteiger partial charge in [-0.2, -0.15) is 17.5 Å². The highest BCUT2D eigenvalue weighted by Gasteiger charge is 2.37. The molecule has 0 spiro atoms. The van der Waals surface area contributed by atoms with Gasteiger partial charge in [-0.25, -0.2) is 8.42 Å². The second-order valence-corrected chi connectivity index (χ2v) is 11.2. The molecule has 4 rings (SSSR count). The summed E-state index contributed by atoms with van der Waals surface area (Å²) in [5, 5.41) is 3.42. The fraction of sp³-hybridized carbons (Fsp3) is 0.632. The molecular formula is C19H24F3N3O4S2. The number of sulfonamides is 1. The number of rotatable bonds is 6. The number of piperidine rings is 1. The maximum absolute atomic E-state index is 13.0. The van der Waals surface area contributed by atoms with Crippen LogP contribution in [0.4, 0.5) is 13.2 Å². The van der Waals surface area contributed by atoms with Crippen LogP contribution in [0.2, 0.25) is 0 Å². The van der Waals surface area contributed by atoms with Crippen molar-refractivity contribution < 1.29 is 30.8 Å². The first-order valence-electron chi connectivity index (χ1n) is 10.1. The van der Waals surface area contributed by atoms with Crippen LogP contribution in [0, 0.1) is 0 Å². The lowest BCUT2D eigenvalue weighted by atomic mass is 10.0. The van der Waals surface area contributed by atoms with Gasteiger partial charge < -0.3 is 14.2 Å². The molecule has 2 aliphatic rings. The molecule has 2 aliphatic heterocycles. The Bertz CT molecular complexity index is 991. The van der Waals surface area contributed by atoms with Gasteiger partial charge in [-0.05, 0) is 44.9 Å². The zero-order chi connectivity index (χ0) is 22.2. The first kappa shape index (κ1) is 22.7. The van der Waals surface area contributed by atoms with Gasteiger partial charge in [0.05, 0.1) is 11.0 Å². The highest BCUT2D eigenvalue weighted by atomic mass is 32.2.